The molecule has 0 unspecified atom stereocenters. The molecule has 0 spiro atoms. The Hall–Kier alpha value is -4.32. The highest BCUT2D eigenvalue weighted by Gasteiger charge is 2.41. The molecule has 0 saturated carbocycles. The average Bonchev–Trinajstić information content (AvgIpc) is 2.82. The van der Waals surface area contributed by atoms with Crippen molar-refractivity contribution in [3.8, 4) is 28.7 Å². The summed E-state index contributed by atoms with van der Waals surface area (Å²) in [6, 6.07) is 12.6. The van der Waals surface area contributed by atoms with Crippen LogP contribution in [0.3, 0.4) is 0 Å². The third kappa shape index (κ3) is 5.43. The monoisotopic (exact) mass is 518 g/mol. The van der Waals surface area contributed by atoms with Gasteiger partial charge in [-0.3, -0.25) is 0 Å². The molecule has 4 rings (SSSR count). The van der Waals surface area contributed by atoms with E-state index in [1.807, 2.05) is 0 Å². The summed E-state index contributed by atoms with van der Waals surface area (Å²) in [4.78, 5) is 0. The van der Waals surface area contributed by atoms with Crippen LogP contribution in [0, 0.1) is 53.7 Å². The summed E-state index contributed by atoms with van der Waals surface area (Å²) in [6.07, 6.45) is -4.72. The summed E-state index contributed by atoms with van der Waals surface area (Å²) in [5, 5.41) is 0. The van der Waals surface area contributed by atoms with Gasteiger partial charge < -0.3 is 4.74 Å². The standard InChI is InChI=1S/C28H14F8O/c1-15-9-20(17-5-3-2-4-6-17)21(29)12-18(15)8-7-16-10-22(30)26(23(31)11-16)28(35,36)37-19-13-24(32)27(34)25(33)14-19/h2-6,9-14H,1H3. The maximum atomic E-state index is 14.7. The molecular formula is C28H14F8O. The smallest absolute Gasteiger partial charge is 0.429 e. The summed E-state index contributed by atoms with van der Waals surface area (Å²) < 4.78 is 116. The molecule has 4 aromatic rings. The fourth-order valence-electron chi connectivity index (χ4n) is 3.51. The minimum Gasteiger partial charge on any atom is -0.429 e. The van der Waals surface area contributed by atoms with Crippen LogP contribution >= 0.6 is 0 Å². The first-order valence-electron chi connectivity index (χ1n) is 10.5. The van der Waals surface area contributed by atoms with Gasteiger partial charge in [0.05, 0.1) is 0 Å². The highest BCUT2D eigenvalue weighted by molar-refractivity contribution is 5.67. The molecule has 0 aliphatic carbocycles. The third-order valence-electron chi connectivity index (χ3n) is 5.28. The molecule has 9 heteroatoms. The van der Waals surface area contributed by atoms with Gasteiger partial charge in [-0.05, 0) is 42.3 Å². The molecule has 0 bridgehead atoms. The second-order valence-corrected chi connectivity index (χ2v) is 7.90. The van der Waals surface area contributed by atoms with Crippen LogP contribution in [0.4, 0.5) is 35.1 Å². The van der Waals surface area contributed by atoms with Gasteiger partial charge in [-0.15, -0.1) is 0 Å². The predicted molar refractivity (Wildman–Crippen MR) is 120 cm³/mol. The lowest BCUT2D eigenvalue weighted by Gasteiger charge is -2.19. The van der Waals surface area contributed by atoms with Crippen LogP contribution in [0.2, 0.25) is 0 Å². The van der Waals surface area contributed by atoms with Crippen molar-refractivity contribution >= 4 is 0 Å². The van der Waals surface area contributed by atoms with Crippen molar-refractivity contribution in [1.82, 2.24) is 0 Å². The van der Waals surface area contributed by atoms with E-state index in [4.69, 9.17) is 0 Å². The van der Waals surface area contributed by atoms with Crippen molar-refractivity contribution in [3.63, 3.8) is 0 Å². The lowest BCUT2D eigenvalue weighted by Crippen LogP contribution is -2.25. The van der Waals surface area contributed by atoms with Crippen molar-refractivity contribution in [2.75, 3.05) is 0 Å². The molecule has 0 fully saturated rings. The Morgan fingerprint density at radius 1 is 0.676 bits per heavy atom. The highest BCUT2D eigenvalue weighted by atomic mass is 19.3. The summed E-state index contributed by atoms with van der Waals surface area (Å²) in [6.45, 7) is 1.65. The molecule has 0 atom stereocenters. The molecule has 0 radical (unpaired) electrons. The minimum atomic E-state index is -4.72. The van der Waals surface area contributed by atoms with Gasteiger partial charge in [-0.1, -0.05) is 42.2 Å². The maximum absolute atomic E-state index is 14.7. The van der Waals surface area contributed by atoms with Crippen molar-refractivity contribution < 1.29 is 39.9 Å². The highest BCUT2D eigenvalue weighted by Crippen LogP contribution is 2.36. The Kier molecular flexibility index (Phi) is 6.94. The predicted octanol–water partition coefficient (Wildman–Crippen LogP) is 8.02. The number of halogens is 8. The summed E-state index contributed by atoms with van der Waals surface area (Å²) in [7, 11) is 0. The van der Waals surface area contributed by atoms with Crippen LogP contribution in [0.25, 0.3) is 11.1 Å². The summed E-state index contributed by atoms with van der Waals surface area (Å²) >= 11 is 0. The molecule has 0 aliphatic rings. The van der Waals surface area contributed by atoms with E-state index in [1.165, 1.54) is 0 Å². The quantitative estimate of drug-likeness (QED) is 0.151. The Balaban J connectivity index is 1.63. The molecule has 4 aromatic carbocycles. The van der Waals surface area contributed by atoms with Crippen LogP contribution in [0.15, 0.2) is 66.7 Å². The van der Waals surface area contributed by atoms with E-state index in [9.17, 15) is 35.1 Å². The lowest BCUT2D eigenvalue weighted by atomic mass is 9.99. The van der Waals surface area contributed by atoms with Crippen molar-refractivity contribution in [1.29, 1.82) is 0 Å². The van der Waals surface area contributed by atoms with E-state index in [-0.39, 0.29) is 23.3 Å². The number of benzene rings is 4. The Bertz CT molecular complexity index is 1510. The van der Waals surface area contributed by atoms with E-state index in [0.29, 0.717) is 28.8 Å². The largest absolute Gasteiger partial charge is 0.432 e. The van der Waals surface area contributed by atoms with E-state index < -0.39 is 52.3 Å². The van der Waals surface area contributed by atoms with E-state index in [2.05, 4.69) is 16.6 Å². The molecule has 0 heterocycles. The Morgan fingerprint density at radius 2 is 1.27 bits per heavy atom. The fourth-order valence-corrected chi connectivity index (χ4v) is 3.51. The Labute approximate surface area is 205 Å². The lowest BCUT2D eigenvalue weighted by molar-refractivity contribution is -0.189. The molecule has 0 aliphatic heterocycles. The SMILES string of the molecule is Cc1cc(-c2ccccc2)c(F)cc1C#Cc1cc(F)c(C(F)(F)Oc2cc(F)c(F)c(F)c2)c(F)c1. The first kappa shape index (κ1) is 25.8. The van der Waals surface area contributed by atoms with Crippen LogP contribution in [-0.2, 0) is 6.11 Å². The maximum Gasteiger partial charge on any atom is 0.432 e. The first-order valence-corrected chi connectivity index (χ1v) is 10.5. The van der Waals surface area contributed by atoms with E-state index >= 15 is 0 Å². The second kappa shape index (κ2) is 9.97. The molecule has 0 aromatic heterocycles. The number of rotatable bonds is 4. The van der Waals surface area contributed by atoms with Crippen molar-refractivity contribution in [3.05, 3.63) is 124 Å². The van der Waals surface area contributed by atoms with Crippen LogP contribution in [-0.4, -0.2) is 0 Å². The van der Waals surface area contributed by atoms with E-state index in [1.54, 1.807) is 43.3 Å². The normalized spacial score (nSPS) is 11.2. The van der Waals surface area contributed by atoms with Gasteiger partial charge in [0.15, 0.2) is 17.5 Å². The van der Waals surface area contributed by atoms with Crippen LogP contribution in [0.5, 0.6) is 5.75 Å². The third-order valence-corrected chi connectivity index (χ3v) is 5.28. The molecule has 0 amide bonds. The Morgan fingerprint density at radius 3 is 1.86 bits per heavy atom. The van der Waals surface area contributed by atoms with Crippen LogP contribution < -0.4 is 4.74 Å². The fraction of sp³-hybridized carbons (Fsp3) is 0.0714. The van der Waals surface area contributed by atoms with Gasteiger partial charge in [0.2, 0.25) is 0 Å². The zero-order valence-corrected chi connectivity index (χ0v) is 18.8. The van der Waals surface area contributed by atoms with Crippen molar-refractivity contribution in [2.24, 2.45) is 0 Å². The van der Waals surface area contributed by atoms with Gasteiger partial charge >= 0.3 is 6.11 Å². The molecule has 188 valence electrons. The zero-order chi connectivity index (χ0) is 26.9. The van der Waals surface area contributed by atoms with Gasteiger partial charge in [0.1, 0.15) is 28.8 Å². The topological polar surface area (TPSA) is 9.23 Å². The minimum absolute atomic E-state index is 0.104. The molecule has 1 nitrogen and oxygen atoms in total. The first-order chi connectivity index (χ1) is 17.5. The van der Waals surface area contributed by atoms with E-state index in [0.717, 1.165) is 6.07 Å². The molecule has 0 saturated heterocycles. The number of hydrogen-bond acceptors (Lipinski definition) is 1. The van der Waals surface area contributed by atoms with Gasteiger partial charge in [-0.2, -0.15) is 8.78 Å². The summed E-state index contributed by atoms with van der Waals surface area (Å²) in [5.41, 5.74) is -0.469. The molecule has 37 heavy (non-hydrogen) atoms. The average molecular weight is 518 g/mol. The number of ether oxygens (including phenoxy) is 1. The zero-order valence-electron chi connectivity index (χ0n) is 18.8. The van der Waals surface area contributed by atoms with Gasteiger partial charge in [0, 0.05) is 28.8 Å². The second-order valence-electron chi connectivity index (χ2n) is 7.90. The number of hydrogen-bond donors (Lipinski definition) is 0. The number of aryl methyl sites for hydroxylation is 1. The van der Waals surface area contributed by atoms with Gasteiger partial charge in [0.25, 0.3) is 0 Å². The molecule has 0 N–H and O–H groups in total. The van der Waals surface area contributed by atoms with Gasteiger partial charge in [-0.25, -0.2) is 26.3 Å². The van der Waals surface area contributed by atoms with Crippen molar-refractivity contribution in [2.45, 2.75) is 13.0 Å². The number of alkyl halides is 2. The van der Waals surface area contributed by atoms with Crippen LogP contribution in [0.1, 0.15) is 22.3 Å². The molecular weight excluding hydrogens is 504 g/mol. The summed E-state index contributed by atoms with van der Waals surface area (Å²) in [5.74, 6) is -5.95.